The lowest BCUT2D eigenvalue weighted by Crippen LogP contribution is -2.09. The number of para-hydroxylation sites is 1. The van der Waals surface area contributed by atoms with Crippen molar-refractivity contribution < 1.29 is 4.74 Å². The van der Waals surface area contributed by atoms with Gasteiger partial charge in [-0.25, -0.2) is 0 Å². The maximum Gasteiger partial charge on any atom is 0.199 e. The van der Waals surface area contributed by atoms with Crippen molar-refractivity contribution in [1.29, 1.82) is 10.5 Å². The molecule has 1 aromatic carbocycles. The molecular weight excluding hydrogens is 190 g/mol. The molecule has 4 nitrogen and oxygen atoms in total. The number of ether oxygens (including phenoxy) is 1. The Hall–Kier alpha value is -2.20. The summed E-state index contributed by atoms with van der Waals surface area (Å²) < 4.78 is 5.21. The fraction of sp³-hybridized carbons (Fsp3) is 0.273. The van der Waals surface area contributed by atoms with Crippen LogP contribution in [0.4, 0.5) is 5.69 Å². The molecule has 0 spiro atoms. The van der Waals surface area contributed by atoms with Crippen LogP contribution in [0.2, 0.25) is 0 Å². The molecule has 0 heterocycles. The predicted molar refractivity (Wildman–Crippen MR) is 56.1 cm³/mol. The third-order valence-electron chi connectivity index (χ3n) is 2.10. The highest BCUT2D eigenvalue weighted by Gasteiger charge is 2.13. The zero-order chi connectivity index (χ0) is 11.3. The molecule has 15 heavy (non-hydrogen) atoms. The first kappa shape index (κ1) is 10.9. The number of nitrogens with zero attached hydrogens (tertiary/aromatic N) is 3. The number of methoxy groups -OCH3 is 1. The third kappa shape index (κ3) is 2.00. The predicted octanol–water partition coefficient (Wildman–Crippen LogP) is 2.03. The second kappa shape index (κ2) is 4.88. The maximum atomic E-state index is 8.76. The molecule has 0 bridgehead atoms. The Labute approximate surface area is 88.9 Å². The molecule has 0 N–H and O–H groups in total. The second-order valence-electron chi connectivity index (χ2n) is 2.86. The first-order valence-electron chi connectivity index (χ1n) is 4.54. The number of rotatable bonds is 3. The molecule has 4 heteroatoms. The largest absolute Gasteiger partial charge is 0.494 e. The summed E-state index contributed by atoms with van der Waals surface area (Å²) in [6.07, 6.45) is 4.37. The van der Waals surface area contributed by atoms with Gasteiger partial charge < -0.3 is 4.74 Å². The molecular formula is C11H11N3O. The van der Waals surface area contributed by atoms with Gasteiger partial charge in [0.05, 0.1) is 7.11 Å². The summed E-state index contributed by atoms with van der Waals surface area (Å²) in [5, 5.41) is 17.5. The van der Waals surface area contributed by atoms with E-state index in [2.05, 4.69) is 0 Å². The van der Waals surface area contributed by atoms with E-state index in [0.29, 0.717) is 11.4 Å². The average Bonchev–Trinajstić information content (AvgIpc) is 2.30. The minimum atomic E-state index is 0.488. The molecule has 0 fully saturated rings. The van der Waals surface area contributed by atoms with Gasteiger partial charge in [-0.05, 0) is 18.1 Å². The van der Waals surface area contributed by atoms with Crippen LogP contribution in [0, 0.1) is 22.9 Å². The summed E-state index contributed by atoms with van der Waals surface area (Å²) in [6, 6.07) is 5.40. The Morgan fingerprint density at radius 1 is 1.33 bits per heavy atom. The Balaban J connectivity index is 3.31. The lowest BCUT2D eigenvalue weighted by Gasteiger charge is -2.13. The monoisotopic (exact) mass is 201 g/mol. The molecule has 0 aliphatic heterocycles. The first-order chi connectivity index (χ1) is 7.28. The molecule has 0 amide bonds. The molecule has 0 saturated carbocycles. The van der Waals surface area contributed by atoms with Crippen LogP contribution in [0.15, 0.2) is 18.2 Å². The quantitative estimate of drug-likeness (QED) is 0.554. The molecule has 1 rings (SSSR count). The molecule has 0 unspecified atom stereocenters. The first-order valence-corrected chi connectivity index (χ1v) is 4.54. The van der Waals surface area contributed by atoms with Crippen molar-refractivity contribution in [3.63, 3.8) is 0 Å². The summed E-state index contributed by atoms with van der Waals surface area (Å²) in [4.78, 5) is 0.929. The van der Waals surface area contributed by atoms with Crippen LogP contribution in [0.1, 0.15) is 12.5 Å². The highest BCUT2D eigenvalue weighted by atomic mass is 16.5. The highest BCUT2D eigenvalue weighted by molar-refractivity contribution is 5.66. The Bertz CT molecular complexity index is 414. The SMILES string of the molecule is CCc1cccc(N(C#N)C#N)c1OC. The van der Waals surface area contributed by atoms with Gasteiger partial charge in [0.1, 0.15) is 11.4 Å². The van der Waals surface area contributed by atoms with Crippen molar-refractivity contribution in [3.05, 3.63) is 23.8 Å². The van der Waals surface area contributed by atoms with E-state index < -0.39 is 0 Å². The smallest absolute Gasteiger partial charge is 0.199 e. The lowest BCUT2D eigenvalue weighted by atomic mass is 10.1. The zero-order valence-corrected chi connectivity index (χ0v) is 8.69. The molecule has 76 valence electrons. The van der Waals surface area contributed by atoms with Crippen LogP contribution < -0.4 is 9.64 Å². The van der Waals surface area contributed by atoms with Gasteiger partial charge in [-0.15, -0.1) is 0 Å². The van der Waals surface area contributed by atoms with Gasteiger partial charge in [0.25, 0.3) is 0 Å². The Morgan fingerprint density at radius 3 is 2.47 bits per heavy atom. The molecule has 0 aliphatic carbocycles. The topological polar surface area (TPSA) is 60.0 Å². The van der Waals surface area contributed by atoms with Gasteiger partial charge in [0, 0.05) is 0 Å². The standard InChI is InChI=1S/C11H11N3O/c1-3-9-5-4-6-10(11(9)15-2)14(7-12)8-13/h4-6H,3H2,1-2H3. The van der Waals surface area contributed by atoms with E-state index in [1.54, 1.807) is 24.5 Å². The number of anilines is 1. The summed E-state index contributed by atoms with van der Waals surface area (Å²) in [5.74, 6) is 0.586. The zero-order valence-electron chi connectivity index (χ0n) is 8.69. The van der Waals surface area contributed by atoms with E-state index in [0.717, 1.165) is 16.9 Å². The van der Waals surface area contributed by atoms with Gasteiger partial charge in [-0.2, -0.15) is 15.4 Å². The number of nitriles is 2. The minimum Gasteiger partial charge on any atom is -0.494 e. The third-order valence-corrected chi connectivity index (χ3v) is 2.10. The van der Waals surface area contributed by atoms with Crippen molar-refractivity contribution in [2.75, 3.05) is 12.0 Å². The van der Waals surface area contributed by atoms with E-state index in [9.17, 15) is 0 Å². The number of aryl methyl sites for hydroxylation is 1. The lowest BCUT2D eigenvalue weighted by molar-refractivity contribution is 0.411. The highest BCUT2D eigenvalue weighted by Crippen LogP contribution is 2.31. The molecule has 0 saturated heterocycles. The van der Waals surface area contributed by atoms with Gasteiger partial charge in [-0.1, -0.05) is 19.1 Å². The summed E-state index contributed by atoms with van der Waals surface area (Å²) in [6.45, 7) is 1.99. The Morgan fingerprint density at radius 2 is 2.00 bits per heavy atom. The number of benzene rings is 1. The van der Waals surface area contributed by atoms with E-state index >= 15 is 0 Å². The second-order valence-corrected chi connectivity index (χ2v) is 2.86. The van der Waals surface area contributed by atoms with Crippen molar-refractivity contribution in [2.24, 2.45) is 0 Å². The normalized spacial score (nSPS) is 8.80. The summed E-state index contributed by atoms with van der Waals surface area (Å²) >= 11 is 0. The summed E-state index contributed by atoms with van der Waals surface area (Å²) in [7, 11) is 1.53. The van der Waals surface area contributed by atoms with Crippen LogP contribution in [-0.2, 0) is 6.42 Å². The van der Waals surface area contributed by atoms with Crippen LogP contribution in [0.5, 0.6) is 5.75 Å². The molecule has 1 aromatic rings. The van der Waals surface area contributed by atoms with Crippen molar-refractivity contribution >= 4 is 5.69 Å². The average molecular weight is 201 g/mol. The van der Waals surface area contributed by atoms with E-state index in [1.807, 2.05) is 13.0 Å². The van der Waals surface area contributed by atoms with Crippen LogP contribution in [-0.4, -0.2) is 7.11 Å². The molecule has 0 atom stereocenters. The van der Waals surface area contributed by atoms with Gasteiger partial charge in [-0.3, -0.25) is 0 Å². The van der Waals surface area contributed by atoms with Crippen LogP contribution in [0.25, 0.3) is 0 Å². The minimum absolute atomic E-state index is 0.488. The van der Waals surface area contributed by atoms with E-state index in [4.69, 9.17) is 15.3 Å². The van der Waals surface area contributed by atoms with E-state index in [1.165, 1.54) is 7.11 Å². The molecule has 0 radical (unpaired) electrons. The van der Waals surface area contributed by atoms with Crippen LogP contribution in [0.3, 0.4) is 0 Å². The van der Waals surface area contributed by atoms with E-state index in [-0.39, 0.29) is 0 Å². The number of hydrogen-bond donors (Lipinski definition) is 0. The van der Waals surface area contributed by atoms with Gasteiger partial charge in [0.2, 0.25) is 0 Å². The summed E-state index contributed by atoms with van der Waals surface area (Å²) in [5.41, 5.74) is 1.47. The molecule has 0 aromatic heterocycles. The number of hydrogen-bond acceptors (Lipinski definition) is 4. The van der Waals surface area contributed by atoms with Crippen molar-refractivity contribution in [1.82, 2.24) is 0 Å². The van der Waals surface area contributed by atoms with Crippen LogP contribution >= 0.6 is 0 Å². The fourth-order valence-electron chi connectivity index (χ4n) is 1.39. The van der Waals surface area contributed by atoms with Crippen molar-refractivity contribution in [3.8, 4) is 18.1 Å². The fourth-order valence-corrected chi connectivity index (χ4v) is 1.39. The molecule has 0 aliphatic rings. The van der Waals surface area contributed by atoms with Gasteiger partial charge >= 0.3 is 0 Å². The van der Waals surface area contributed by atoms with Gasteiger partial charge in [0.15, 0.2) is 12.4 Å². The maximum absolute atomic E-state index is 8.76. The van der Waals surface area contributed by atoms with Crippen molar-refractivity contribution in [2.45, 2.75) is 13.3 Å². The Kier molecular flexibility index (Phi) is 3.54.